The fraction of sp³-hybridized carbons (Fsp3) is 0.364. The van der Waals surface area contributed by atoms with Gasteiger partial charge in [0.1, 0.15) is 11.9 Å². The summed E-state index contributed by atoms with van der Waals surface area (Å²) in [6, 6.07) is 3.62. The second-order valence-corrected chi connectivity index (χ2v) is 3.94. The van der Waals surface area contributed by atoms with Crippen LogP contribution in [0.3, 0.4) is 0 Å². The standard InChI is InChI=1S/C11H12N4O/c1-7-2-8(4-12)5-14-11(7)15-6-9(13)3-10(15)16/h2,5,9H,3,6,13H2,1H3. The smallest absolute Gasteiger partial charge is 0.229 e. The van der Waals surface area contributed by atoms with Crippen LogP contribution in [0.2, 0.25) is 0 Å². The number of pyridine rings is 1. The molecule has 1 atom stereocenters. The van der Waals surface area contributed by atoms with E-state index < -0.39 is 0 Å². The number of anilines is 1. The zero-order valence-corrected chi connectivity index (χ0v) is 8.97. The van der Waals surface area contributed by atoms with Gasteiger partial charge in [0.05, 0.1) is 5.56 Å². The molecule has 1 aromatic rings. The van der Waals surface area contributed by atoms with Crippen molar-refractivity contribution in [2.75, 3.05) is 11.4 Å². The number of hydrogen-bond donors (Lipinski definition) is 1. The van der Waals surface area contributed by atoms with Crippen molar-refractivity contribution in [2.45, 2.75) is 19.4 Å². The maximum atomic E-state index is 11.6. The van der Waals surface area contributed by atoms with Gasteiger partial charge >= 0.3 is 0 Å². The molecule has 5 heteroatoms. The summed E-state index contributed by atoms with van der Waals surface area (Å²) in [5.41, 5.74) is 7.03. The average Bonchev–Trinajstić information content (AvgIpc) is 2.57. The molecule has 1 fully saturated rings. The van der Waals surface area contributed by atoms with Gasteiger partial charge in [0.2, 0.25) is 5.91 Å². The Bertz CT molecular complexity index is 477. The predicted molar refractivity (Wildman–Crippen MR) is 58.6 cm³/mol. The molecule has 5 nitrogen and oxygen atoms in total. The van der Waals surface area contributed by atoms with Crippen molar-refractivity contribution in [3.05, 3.63) is 23.4 Å². The Morgan fingerprint density at radius 1 is 1.69 bits per heavy atom. The first-order valence-electron chi connectivity index (χ1n) is 5.04. The summed E-state index contributed by atoms with van der Waals surface area (Å²) in [7, 11) is 0. The summed E-state index contributed by atoms with van der Waals surface area (Å²) in [4.78, 5) is 17.4. The lowest BCUT2D eigenvalue weighted by molar-refractivity contribution is -0.117. The molecule has 16 heavy (non-hydrogen) atoms. The molecule has 1 aromatic heterocycles. The van der Waals surface area contributed by atoms with Crippen molar-refractivity contribution in [2.24, 2.45) is 5.73 Å². The largest absolute Gasteiger partial charge is 0.326 e. The van der Waals surface area contributed by atoms with Gasteiger partial charge in [0.25, 0.3) is 0 Å². The second kappa shape index (κ2) is 3.91. The first-order chi connectivity index (χ1) is 7.61. The summed E-state index contributed by atoms with van der Waals surface area (Å²) in [5.74, 6) is 0.602. The topological polar surface area (TPSA) is 83.0 Å². The minimum atomic E-state index is -0.121. The van der Waals surface area contributed by atoms with Crippen molar-refractivity contribution in [3.63, 3.8) is 0 Å². The molecular weight excluding hydrogens is 204 g/mol. The first kappa shape index (κ1) is 10.6. The monoisotopic (exact) mass is 216 g/mol. The van der Waals surface area contributed by atoms with Gasteiger partial charge in [-0.3, -0.25) is 9.69 Å². The number of nitriles is 1. The number of carbonyl (C=O) groups is 1. The van der Waals surface area contributed by atoms with E-state index in [1.807, 2.05) is 13.0 Å². The quantitative estimate of drug-likeness (QED) is 0.733. The molecule has 82 valence electrons. The number of aryl methyl sites for hydroxylation is 1. The molecule has 0 bridgehead atoms. The first-order valence-corrected chi connectivity index (χ1v) is 5.04. The molecule has 1 amide bonds. The summed E-state index contributed by atoms with van der Waals surface area (Å²) in [6.07, 6.45) is 1.83. The van der Waals surface area contributed by atoms with Gasteiger partial charge < -0.3 is 5.73 Å². The Labute approximate surface area is 93.5 Å². The van der Waals surface area contributed by atoms with Crippen LogP contribution in [0.15, 0.2) is 12.3 Å². The molecule has 2 N–H and O–H groups in total. The molecule has 2 heterocycles. The Morgan fingerprint density at radius 3 is 2.94 bits per heavy atom. The minimum Gasteiger partial charge on any atom is -0.326 e. The summed E-state index contributed by atoms with van der Waals surface area (Å²) >= 11 is 0. The third-order valence-corrected chi connectivity index (χ3v) is 2.59. The van der Waals surface area contributed by atoms with E-state index >= 15 is 0 Å². The van der Waals surface area contributed by atoms with Crippen LogP contribution in [0.1, 0.15) is 17.5 Å². The van der Waals surface area contributed by atoms with Crippen molar-refractivity contribution in [1.82, 2.24) is 4.98 Å². The van der Waals surface area contributed by atoms with Gasteiger partial charge in [-0.25, -0.2) is 4.98 Å². The highest BCUT2D eigenvalue weighted by molar-refractivity contribution is 5.95. The van der Waals surface area contributed by atoms with Crippen LogP contribution in [-0.2, 0) is 4.79 Å². The van der Waals surface area contributed by atoms with E-state index in [4.69, 9.17) is 11.0 Å². The highest BCUT2D eigenvalue weighted by atomic mass is 16.2. The molecule has 1 unspecified atom stereocenters. The lowest BCUT2D eigenvalue weighted by Gasteiger charge is -2.17. The van der Waals surface area contributed by atoms with Gasteiger partial charge in [0.15, 0.2) is 0 Å². The highest BCUT2D eigenvalue weighted by Gasteiger charge is 2.29. The number of carbonyl (C=O) groups excluding carboxylic acids is 1. The lowest BCUT2D eigenvalue weighted by atomic mass is 10.2. The van der Waals surface area contributed by atoms with Crippen LogP contribution in [0.25, 0.3) is 0 Å². The van der Waals surface area contributed by atoms with Gasteiger partial charge in [-0.15, -0.1) is 0 Å². The zero-order chi connectivity index (χ0) is 11.7. The maximum absolute atomic E-state index is 11.6. The number of nitrogens with zero attached hydrogens (tertiary/aromatic N) is 3. The minimum absolute atomic E-state index is 0.00666. The molecule has 0 spiro atoms. The summed E-state index contributed by atoms with van der Waals surface area (Å²) in [6.45, 7) is 2.33. The summed E-state index contributed by atoms with van der Waals surface area (Å²) in [5, 5.41) is 8.72. The Kier molecular flexibility index (Phi) is 2.59. The van der Waals surface area contributed by atoms with Crippen LogP contribution >= 0.6 is 0 Å². The van der Waals surface area contributed by atoms with E-state index in [0.717, 1.165) is 5.56 Å². The van der Waals surface area contributed by atoms with Gasteiger partial charge in [0, 0.05) is 25.2 Å². The van der Waals surface area contributed by atoms with Gasteiger partial charge in [-0.05, 0) is 18.6 Å². The maximum Gasteiger partial charge on any atom is 0.229 e. The van der Waals surface area contributed by atoms with E-state index in [2.05, 4.69) is 4.98 Å². The van der Waals surface area contributed by atoms with Gasteiger partial charge in [-0.1, -0.05) is 0 Å². The molecular formula is C11H12N4O. The number of amides is 1. The van der Waals surface area contributed by atoms with Crippen LogP contribution in [-0.4, -0.2) is 23.5 Å². The normalized spacial score (nSPS) is 19.9. The molecule has 2 rings (SSSR count). The fourth-order valence-electron chi connectivity index (χ4n) is 1.85. The second-order valence-electron chi connectivity index (χ2n) is 3.94. The van der Waals surface area contributed by atoms with Crippen molar-refractivity contribution in [1.29, 1.82) is 5.26 Å². The Hall–Kier alpha value is -1.93. The van der Waals surface area contributed by atoms with E-state index in [-0.39, 0.29) is 11.9 Å². The number of nitrogens with two attached hydrogens (primary N) is 1. The van der Waals surface area contributed by atoms with E-state index in [9.17, 15) is 4.79 Å². The third-order valence-electron chi connectivity index (χ3n) is 2.59. The number of aromatic nitrogens is 1. The fourth-order valence-corrected chi connectivity index (χ4v) is 1.85. The molecule has 1 aliphatic rings. The molecule has 1 aliphatic heterocycles. The van der Waals surface area contributed by atoms with Crippen molar-refractivity contribution < 1.29 is 4.79 Å². The molecule has 0 saturated carbocycles. The Balaban J connectivity index is 2.35. The lowest BCUT2D eigenvalue weighted by Crippen LogP contribution is -2.29. The number of rotatable bonds is 1. The van der Waals surface area contributed by atoms with Crippen LogP contribution in [0, 0.1) is 18.3 Å². The van der Waals surface area contributed by atoms with Crippen molar-refractivity contribution in [3.8, 4) is 6.07 Å². The number of hydrogen-bond acceptors (Lipinski definition) is 4. The summed E-state index contributed by atoms with van der Waals surface area (Å²) < 4.78 is 0. The molecule has 0 aliphatic carbocycles. The molecule has 0 aromatic carbocycles. The molecule has 1 saturated heterocycles. The van der Waals surface area contributed by atoms with Crippen LogP contribution in [0.5, 0.6) is 0 Å². The van der Waals surface area contributed by atoms with Gasteiger partial charge in [-0.2, -0.15) is 5.26 Å². The van der Waals surface area contributed by atoms with Crippen LogP contribution in [0.4, 0.5) is 5.82 Å². The molecule has 0 radical (unpaired) electrons. The SMILES string of the molecule is Cc1cc(C#N)cnc1N1CC(N)CC1=O. The predicted octanol–water partition coefficient (Wildman–Crippen LogP) is 0.326. The highest BCUT2D eigenvalue weighted by Crippen LogP contribution is 2.22. The Morgan fingerprint density at radius 2 is 2.44 bits per heavy atom. The van der Waals surface area contributed by atoms with E-state index in [1.165, 1.54) is 6.20 Å². The third kappa shape index (κ3) is 1.75. The van der Waals surface area contributed by atoms with E-state index in [1.54, 1.807) is 11.0 Å². The average molecular weight is 216 g/mol. The van der Waals surface area contributed by atoms with E-state index in [0.29, 0.717) is 24.3 Å². The zero-order valence-electron chi connectivity index (χ0n) is 8.97. The van der Waals surface area contributed by atoms with Crippen molar-refractivity contribution >= 4 is 11.7 Å². The van der Waals surface area contributed by atoms with Crippen LogP contribution < -0.4 is 10.6 Å².